The fraction of sp³-hybridized carbons (Fsp3) is 0.630. The molecule has 206 valence electrons. The van der Waals surface area contributed by atoms with Crippen LogP contribution < -0.4 is 10.6 Å². The lowest BCUT2D eigenvalue weighted by atomic mass is 9.98. The van der Waals surface area contributed by atoms with Gasteiger partial charge in [-0.2, -0.15) is 0 Å². The van der Waals surface area contributed by atoms with Crippen molar-refractivity contribution in [3.8, 4) is 0 Å². The minimum absolute atomic E-state index is 0.0820. The number of piperidine rings is 1. The van der Waals surface area contributed by atoms with Crippen LogP contribution in [0.3, 0.4) is 0 Å². The Labute approximate surface area is 231 Å². The van der Waals surface area contributed by atoms with Gasteiger partial charge in [-0.05, 0) is 58.9 Å². The van der Waals surface area contributed by atoms with E-state index in [-0.39, 0.29) is 18.4 Å². The van der Waals surface area contributed by atoms with Crippen molar-refractivity contribution in [3.63, 3.8) is 0 Å². The summed E-state index contributed by atoms with van der Waals surface area (Å²) in [6.45, 7) is 9.77. The van der Waals surface area contributed by atoms with E-state index in [9.17, 15) is 9.59 Å². The highest BCUT2D eigenvalue weighted by atomic mass is 32.1. The van der Waals surface area contributed by atoms with Crippen molar-refractivity contribution in [1.29, 1.82) is 0 Å². The van der Waals surface area contributed by atoms with Gasteiger partial charge in [0.25, 0.3) is 5.91 Å². The molecule has 37 heavy (non-hydrogen) atoms. The minimum atomic E-state index is -0.309. The summed E-state index contributed by atoms with van der Waals surface area (Å²) in [5, 5.41) is 9.28. The van der Waals surface area contributed by atoms with Gasteiger partial charge in [-0.25, -0.2) is 4.98 Å². The molecule has 0 aromatic carbocycles. The summed E-state index contributed by atoms with van der Waals surface area (Å²) in [6, 6.07) is 0.382. The molecule has 0 aliphatic carbocycles. The predicted octanol–water partition coefficient (Wildman–Crippen LogP) is 4.11. The number of esters is 1. The number of nitrogens with zero attached hydrogens (tertiary/aromatic N) is 3. The number of unbranched alkanes of at least 4 members (excludes halogenated alkanes) is 2. The first kappa shape index (κ1) is 30.9. The molecular weight excluding hydrogens is 506 g/mol. The van der Waals surface area contributed by atoms with Gasteiger partial charge in [-0.15, -0.1) is 11.3 Å². The van der Waals surface area contributed by atoms with E-state index in [2.05, 4.69) is 52.4 Å². The summed E-state index contributed by atoms with van der Waals surface area (Å²) in [5.74, 6) is -0.152. The van der Waals surface area contributed by atoms with Crippen LogP contribution in [0.5, 0.6) is 0 Å². The second-order valence-corrected chi connectivity index (χ2v) is 10.5. The van der Waals surface area contributed by atoms with E-state index in [4.69, 9.17) is 17.0 Å². The molecule has 2 rings (SSSR count). The molecule has 1 aromatic heterocycles. The first-order valence-electron chi connectivity index (χ1n) is 13.3. The van der Waals surface area contributed by atoms with Gasteiger partial charge < -0.3 is 25.2 Å². The molecule has 1 atom stereocenters. The van der Waals surface area contributed by atoms with Crippen LogP contribution in [0.1, 0.15) is 74.3 Å². The zero-order valence-electron chi connectivity index (χ0n) is 22.7. The summed E-state index contributed by atoms with van der Waals surface area (Å²) < 4.78 is 4.92. The number of thiocarbonyl (C=S) groups is 1. The molecule has 1 fully saturated rings. The highest BCUT2D eigenvalue weighted by Crippen LogP contribution is 2.30. The van der Waals surface area contributed by atoms with Crippen molar-refractivity contribution < 1.29 is 14.3 Å². The molecule has 2 N–H and O–H groups in total. The van der Waals surface area contributed by atoms with E-state index in [1.54, 1.807) is 6.92 Å². The summed E-state index contributed by atoms with van der Waals surface area (Å²) >= 11 is 6.95. The van der Waals surface area contributed by atoms with E-state index >= 15 is 0 Å². The number of carbonyl (C=O) groups excluding carboxylic acids is 2. The maximum atomic E-state index is 12.5. The molecule has 0 bridgehead atoms. The first-order chi connectivity index (χ1) is 17.8. The summed E-state index contributed by atoms with van der Waals surface area (Å²) in [5.41, 5.74) is 0.473. The van der Waals surface area contributed by atoms with Crippen LogP contribution in [0.2, 0.25) is 0 Å². The van der Waals surface area contributed by atoms with Gasteiger partial charge in [0.15, 0.2) is 5.11 Å². The molecule has 1 aromatic rings. The van der Waals surface area contributed by atoms with Crippen LogP contribution >= 0.6 is 23.6 Å². The van der Waals surface area contributed by atoms with Gasteiger partial charge in [0.2, 0.25) is 0 Å². The lowest BCUT2D eigenvalue weighted by Crippen LogP contribution is -2.45. The Morgan fingerprint density at radius 1 is 1.27 bits per heavy atom. The van der Waals surface area contributed by atoms with E-state index in [0.29, 0.717) is 35.9 Å². The Hall–Kier alpha value is -2.30. The molecule has 0 spiro atoms. The second kappa shape index (κ2) is 17.3. The molecule has 0 radical (unpaired) electrons. The minimum Gasteiger partial charge on any atom is -0.465 e. The summed E-state index contributed by atoms with van der Waals surface area (Å²) in [6.07, 6.45) is 13.7. The number of rotatable bonds is 14. The quantitative estimate of drug-likeness (QED) is 0.155. The zero-order valence-corrected chi connectivity index (χ0v) is 24.3. The lowest BCUT2D eigenvalue weighted by molar-refractivity contribution is -0.141. The zero-order chi connectivity index (χ0) is 27.0. The molecule has 1 aliphatic heterocycles. The highest BCUT2D eigenvalue weighted by molar-refractivity contribution is 7.80. The molecule has 1 amide bonds. The van der Waals surface area contributed by atoms with Gasteiger partial charge in [-0.1, -0.05) is 44.1 Å². The van der Waals surface area contributed by atoms with E-state index < -0.39 is 0 Å². The van der Waals surface area contributed by atoms with Crippen LogP contribution in [0.25, 0.3) is 0 Å². The van der Waals surface area contributed by atoms with Gasteiger partial charge in [0.05, 0.1) is 11.6 Å². The SMILES string of the molecule is CCCCCN(C)C(C)/C=C\C=C/CNC(=O)c1csc(C2CCN(C(=S)NCC(=O)OCC)CC2)n1. The fourth-order valence-electron chi connectivity index (χ4n) is 3.96. The number of likely N-dealkylation sites (N-methyl/N-ethyl adjacent to an activating group) is 1. The smallest absolute Gasteiger partial charge is 0.325 e. The third kappa shape index (κ3) is 11.3. The fourth-order valence-corrected chi connectivity index (χ4v) is 5.18. The molecule has 1 saturated heterocycles. The normalized spacial score (nSPS) is 15.4. The van der Waals surface area contributed by atoms with Crippen molar-refractivity contribution in [2.75, 3.05) is 46.4 Å². The Kier molecular flexibility index (Phi) is 14.4. The molecule has 1 unspecified atom stereocenters. The standard InChI is InChI=1S/C27H43N5O3S2/c1-5-7-11-16-31(4)21(3)12-9-8-10-15-28-25(34)23-20-37-26(30-23)22-13-17-32(18-14-22)27(36)29-19-24(33)35-6-2/h8-10,12,20-22H,5-7,11,13-19H2,1-4H3,(H,28,34)(H,29,36)/b10-8-,12-9-. The monoisotopic (exact) mass is 549 g/mol. The number of hydrogen-bond acceptors (Lipinski definition) is 7. The number of carbonyl (C=O) groups is 2. The maximum absolute atomic E-state index is 12.5. The van der Waals surface area contributed by atoms with Crippen LogP contribution in [0.4, 0.5) is 0 Å². The third-order valence-corrected chi connectivity index (χ3v) is 7.81. The number of hydrogen-bond donors (Lipinski definition) is 2. The molecule has 1 aliphatic rings. The number of thiazole rings is 1. The predicted molar refractivity (Wildman–Crippen MR) is 155 cm³/mol. The topological polar surface area (TPSA) is 86.8 Å². The summed E-state index contributed by atoms with van der Waals surface area (Å²) in [7, 11) is 2.15. The van der Waals surface area contributed by atoms with Crippen molar-refractivity contribution in [2.45, 2.75) is 64.8 Å². The molecule has 8 nitrogen and oxygen atoms in total. The number of likely N-dealkylation sites (tertiary alicyclic amines) is 1. The Bertz CT molecular complexity index is 910. The lowest BCUT2D eigenvalue weighted by Gasteiger charge is -2.33. The largest absolute Gasteiger partial charge is 0.465 e. The molecule has 10 heteroatoms. The van der Waals surface area contributed by atoms with Crippen LogP contribution in [0.15, 0.2) is 29.7 Å². The van der Waals surface area contributed by atoms with Gasteiger partial charge >= 0.3 is 5.97 Å². The summed E-state index contributed by atoms with van der Waals surface area (Å²) in [4.78, 5) is 33.0. The molecule has 2 heterocycles. The van der Waals surface area contributed by atoms with Gasteiger partial charge in [0.1, 0.15) is 12.2 Å². The molecule has 0 saturated carbocycles. The number of amides is 1. The number of aromatic nitrogens is 1. The van der Waals surface area contributed by atoms with Crippen molar-refractivity contribution in [2.24, 2.45) is 0 Å². The first-order valence-corrected chi connectivity index (χ1v) is 14.6. The van der Waals surface area contributed by atoms with Gasteiger partial charge in [-0.3, -0.25) is 9.59 Å². The average Bonchev–Trinajstić information content (AvgIpc) is 3.40. The van der Waals surface area contributed by atoms with Crippen molar-refractivity contribution in [1.82, 2.24) is 25.4 Å². The van der Waals surface area contributed by atoms with Crippen LogP contribution in [-0.4, -0.2) is 84.2 Å². The van der Waals surface area contributed by atoms with E-state index in [0.717, 1.165) is 37.5 Å². The van der Waals surface area contributed by atoms with Gasteiger partial charge in [0, 0.05) is 37.0 Å². The highest BCUT2D eigenvalue weighted by Gasteiger charge is 2.25. The number of ether oxygens (including phenoxy) is 1. The van der Waals surface area contributed by atoms with E-state index in [1.165, 1.54) is 30.6 Å². The third-order valence-electron chi connectivity index (χ3n) is 6.40. The molecular formula is C27H43N5O3S2. The average molecular weight is 550 g/mol. The second-order valence-electron chi connectivity index (χ2n) is 9.25. The Morgan fingerprint density at radius 3 is 2.73 bits per heavy atom. The Morgan fingerprint density at radius 2 is 2.03 bits per heavy atom. The number of nitrogens with one attached hydrogen (secondary N) is 2. The van der Waals surface area contributed by atoms with Crippen molar-refractivity contribution in [3.05, 3.63) is 40.4 Å². The Balaban J connectivity index is 1.70. The van der Waals surface area contributed by atoms with Crippen molar-refractivity contribution >= 4 is 40.5 Å². The number of allylic oxidation sites excluding steroid dienone is 2. The van der Waals surface area contributed by atoms with E-state index in [1.807, 2.05) is 23.6 Å². The van der Waals surface area contributed by atoms with Crippen LogP contribution in [0, 0.1) is 0 Å². The van der Waals surface area contributed by atoms with Crippen LogP contribution in [-0.2, 0) is 9.53 Å². The maximum Gasteiger partial charge on any atom is 0.325 e.